The van der Waals surface area contributed by atoms with Crippen LogP contribution in [0.4, 0.5) is 5.13 Å². The molecule has 0 radical (unpaired) electrons. The maximum atomic E-state index is 11.6. The highest BCUT2D eigenvalue weighted by atomic mass is 32.2. The molecule has 0 spiro atoms. The molecule has 1 N–H and O–H groups in total. The quantitative estimate of drug-likeness (QED) is 0.871. The third-order valence-electron chi connectivity index (χ3n) is 3.67. The van der Waals surface area contributed by atoms with Crippen molar-refractivity contribution in [1.29, 1.82) is 0 Å². The summed E-state index contributed by atoms with van der Waals surface area (Å²) in [6.45, 7) is 3.58. The second kappa shape index (κ2) is 6.31. The zero-order valence-electron chi connectivity index (χ0n) is 12.3. The fourth-order valence-electron chi connectivity index (χ4n) is 2.28. The summed E-state index contributed by atoms with van der Waals surface area (Å²) < 4.78 is 24.8. The number of aromatic nitrogens is 2. The number of nitrogens with zero attached hydrogens (tertiary/aromatic N) is 3. The highest BCUT2D eigenvalue weighted by Gasteiger charge is 2.34. The van der Waals surface area contributed by atoms with Gasteiger partial charge in [-0.2, -0.15) is 0 Å². The average Bonchev–Trinajstić information content (AvgIpc) is 2.95. The monoisotopic (exact) mass is 338 g/mol. The van der Waals surface area contributed by atoms with Crippen LogP contribution in [0.25, 0.3) is 10.6 Å². The average molecular weight is 338 g/mol. The molecule has 8 heteroatoms. The predicted molar refractivity (Wildman–Crippen MR) is 88.4 cm³/mol. The molecule has 2 aromatic rings. The van der Waals surface area contributed by atoms with Crippen molar-refractivity contribution in [3.8, 4) is 10.6 Å². The Morgan fingerprint density at radius 1 is 1.27 bits per heavy atom. The summed E-state index contributed by atoms with van der Waals surface area (Å²) >= 11 is 1.51. The van der Waals surface area contributed by atoms with E-state index in [9.17, 15) is 8.42 Å². The molecule has 1 saturated heterocycles. The van der Waals surface area contributed by atoms with Gasteiger partial charge in [-0.3, -0.25) is 0 Å². The smallest absolute Gasteiger partial charge is 0.213 e. The van der Waals surface area contributed by atoms with Gasteiger partial charge in [0.15, 0.2) is 0 Å². The summed E-state index contributed by atoms with van der Waals surface area (Å²) in [6, 6.07) is 9.92. The summed E-state index contributed by atoms with van der Waals surface area (Å²) in [7, 11) is -3.03. The van der Waals surface area contributed by atoms with Crippen LogP contribution < -0.4 is 5.32 Å². The van der Waals surface area contributed by atoms with Crippen LogP contribution in [-0.2, 0) is 10.0 Å². The topological polar surface area (TPSA) is 75.2 Å². The molecule has 0 unspecified atom stereocenters. The lowest BCUT2D eigenvalue weighted by molar-refractivity contribution is 0.212. The zero-order chi connectivity index (χ0) is 15.6. The molecule has 0 saturated carbocycles. The molecule has 2 heterocycles. The Hall–Kier alpha value is -1.51. The van der Waals surface area contributed by atoms with E-state index >= 15 is 0 Å². The molecule has 1 aliphatic heterocycles. The van der Waals surface area contributed by atoms with Gasteiger partial charge in [-0.15, -0.1) is 10.2 Å². The second-order valence-corrected chi connectivity index (χ2v) is 8.48. The molecule has 118 valence electrons. The van der Waals surface area contributed by atoms with Crippen LogP contribution in [0.15, 0.2) is 30.3 Å². The van der Waals surface area contributed by atoms with Crippen molar-refractivity contribution in [2.24, 2.45) is 5.92 Å². The van der Waals surface area contributed by atoms with Crippen molar-refractivity contribution < 1.29 is 8.42 Å². The molecule has 1 aromatic carbocycles. The van der Waals surface area contributed by atoms with E-state index < -0.39 is 10.0 Å². The molecule has 0 bridgehead atoms. The van der Waals surface area contributed by atoms with Crippen molar-refractivity contribution in [3.05, 3.63) is 30.3 Å². The SMILES string of the molecule is CCS(=O)(=O)N1CC(CNc2nnc(-c3ccccc3)s2)C1. The van der Waals surface area contributed by atoms with Crippen LogP contribution in [0.2, 0.25) is 0 Å². The van der Waals surface area contributed by atoms with Gasteiger partial charge in [-0.05, 0) is 6.92 Å². The number of hydrogen-bond acceptors (Lipinski definition) is 6. The van der Waals surface area contributed by atoms with Crippen molar-refractivity contribution in [3.63, 3.8) is 0 Å². The number of benzene rings is 1. The number of hydrogen-bond donors (Lipinski definition) is 1. The van der Waals surface area contributed by atoms with Gasteiger partial charge in [-0.25, -0.2) is 12.7 Å². The lowest BCUT2D eigenvalue weighted by atomic mass is 10.0. The van der Waals surface area contributed by atoms with E-state index in [-0.39, 0.29) is 5.75 Å². The van der Waals surface area contributed by atoms with Crippen molar-refractivity contribution in [1.82, 2.24) is 14.5 Å². The van der Waals surface area contributed by atoms with Gasteiger partial charge < -0.3 is 5.32 Å². The summed E-state index contributed by atoms with van der Waals surface area (Å²) in [4.78, 5) is 0. The van der Waals surface area contributed by atoms with Gasteiger partial charge in [0.2, 0.25) is 15.2 Å². The zero-order valence-corrected chi connectivity index (χ0v) is 13.9. The molecule has 1 aliphatic rings. The molecular formula is C14H18N4O2S2. The second-order valence-electron chi connectivity index (χ2n) is 5.24. The van der Waals surface area contributed by atoms with Gasteiger partial charge in [0.25, 0.3) is 0 Å². The third kappa shape index (κ3) is 3.29. The van der Waals surface area contributed by atoms with E-state index in [4.69, 9.17) is 0 Å². The summed E-state index contributed by atoms with van der Waals surface area (Å²) in [6.07, 6.45) is 0. The number of anilines is 1. The summed E-state index contributed by atoms with van der Waals surface area (Å²) in [5.74, 6) is 0.509. The van der Waals surface area contributed by atoms with E-state index in [2.05, 4.69) is 15.5 Å². The minimum atomic E-state index is -3.03. The largest absolute Gasteiger partial charge is 0.360 e. The Morgan fingerprint density at radius 3 is 2.68 bits per heavy atom. The molecule has 1 fully saturated rings. The van der Waals surface area contributed by atoms with Gasteiger partial charge in [-0.1, -0.05) is 41.7 Å². The van der Waals surface area contributed by atoms with Gasteiger partial charge >= 0.3 is 0 Å². The lowest BCUT2D eigenvalue weighted by Gasteiger charge is -2.37. The van der Waals surface area contributed by atoms with Gasteiger partial charge in [0.05, 0.1) is 5.75 Å². The number of sulfonamides is 1. The first kappa shape index (κ1) is 15.4. The Morgan fingerprint density at radius 2 is 2.00 bits per heavy atom. The molecule has 1 aromatic heterocycles. The molecule has 0 amide bonds. The first-order valence-corrected chi connectivity index (χ1v) is 9.61. The molecule has 22 heavy (non-hydrogen) atoms. The number of nitrogens with one attached hydrogen (secondary N) is 1. The van der Waals surface area contributed by atoms with Crippen LogP contribution in [0.3, 0.4) is 0 Å². The molecular weight excluding hydrogens is 320 g/mol. The van der Waals surface area contributed by atoms with E-state index in [1.807, 2.05) is 30.3 Å². The fourth-order valence-corrected chi connectivity index (χ4v) is 4.28. The van der Waals surface area contributed by atoms with Crippen molar-refractivity contribution in [2.75, 3.05) is 30.7 Å². The van der Waals surface area contributed by atoms with Gasteiger partial charge in [0, 0.05) is 31.1 Å². The van der Waals surface area contributed by atoms with E-state index in [0.717, 1.165) is 22.2 Å². The maximum absolute atomic E-state index is 11.6. The normalized spacial score (nSPS) is 16.4. The molecule has 0 aliphatic carbocycles. The first-order chi connectivity index (χ1) is 10.6. The standard InChI is InChI=1S/C14H18N4O2S2/c1-2-22(19,20)18-9-11(10-18)8-15-14-17-16-13(21-14)12-6-4-3-5-7-12/h3-7,11H,2,8-10H2,1H3,(H,15,17). The molecule has 3 rings (SSSR count). The minimum absolute atomic E-state index is 0.171. The van der Waals surface area contributed by atoms with E-state index in [1.54, 1.807) is 6.92 Å². The Labute approximate surface area is 134 Å². The minimum Gasteiger partial charge on any atom is -0.360 e. The van der Waals surface area contributed by atoms with Gasteiger partial charge in [0.1, 0.15) is 5.01 Å². The molecule has 6 nitrogen and oxygen atoms in total. The highest BCUT2D eigenvalue weighted by Crippen LogP contribution is 2.27. The third-order valence-corrected chi connectivity index (χ3v) is 6.41. The van der Waals surface area contributed by atoms with Crippen LogP contribution in [0.5, 0.6) is 0 Å². The van der Waals surface area contributed by atoms with Crippen LogP contribution in [0, 0.1) is 5.92 Å². The van der Waals surface area contributed by atoms with Crippen molar-refractivity contribution in [2.45, 2.75) is 6.92 Å². The van der Waals surface area contributed by atoms with Crippen LogP contribution >= 0.6 is 11.3 Å². The number of rotatable bonds is 6. The van der Waals surface area contributed by atoms with E-state index in [1.165, 1.54) is 15.6 Å². The first-order valence-electron chi connectivity index (χ1n) is 7.19. The van der Waals surface area contributed by atoms with Crippen LogP contribution in [0.1, 0.15) is 6.92 Å². The highest BCUT2D eigenvalue weighted by molar-refractivity contribution is 7.89. The van der Waals surface area contributed by atoms with E-state index in [0.29, 0.717) is 19.0 Å². The Kier molecular flexibility index (Phi) is 4.42. The molecule has 0 atom stereocenters. The summed E-state index contributed by atoms with van der Waals surface area (Å²) in [5.41, 5.74) is 1.05. The summed E-state index contributed by atoms with van der Waals surface area (Å²) in [5, 5.41) is 13.2. The van der Waals surface area contributed by atoms with Crippen molar-refractivity contribution >= 4 is 26.5 Å². The Balaban J connectivity index is 1.51. The predicted octanol–water partition coefficient (Wildman–Crippen LogP) is 1.90. The Bertz CT molecular complexity index is 724. The van der Waals surface area contributed by atoms with Crippen LogP contribution in [-0.4, -0.2) is 48.3 Å². The fraction of sp³-hybridized carbons (Fsp3) is 0.429. The lowest BCUT2D eigenvalue weighted by Crippen LogP contribution is -2.52. The maximum Gasteiger partial charge on any atom is 0.213 e.